The topological polar surface area (TPSA) is 21.3 Å². The zero-order chi connectivity index (χ0) is 15.1. The third-order valence-electron chi connectivity index (χ3n) is 3.45. The number of nitrogens with one attached hydrogen (secondary N) is 1. The van der Waals surface area contributed by atoms with Crippen LogP contribution in [0.4, 0.5) is 4.39 Å². The van der Waals surface area contributed by atoms with E-state index < -0.39 is 0 Å². The number of hydrogen-bond donors (Lipinski definition) is 1. The number of halogens is 1. The summed E-state index contributed by atoms with van der Waals surface area (Å²) in [5, 5.41) is 3.27. The van der Waals surface area contributed by atoms with Gasteiger partial charge in [-0.25, -0.2) is 4.39 Å². The first-order valence-electron chi connectivity index (χ1n) is 7.44. The van der Waals surface area contributed by atoms with Crippen LogP contribution in [0, 0.1) is 5.82 Å². The quantitative estimate of drug-likeness (QED) is 0.827. The molecule has 3 heteroatoms. The molecular formula is C18H22FNO. The molecule has 0 saturated carbocycles. The second-order valence-corrected chi connectivity index (χ2v) is 4.94. The van der Waals surface area contributed by atoms with Gasteiger partial charge in [0.15, 0.2) is 0 Å². The van der Waals surface area contributed by atoms with Gasteiger partial charge in [0.25, 0.3) is 0 Å². The number of ether oxygens (including phenoxy) is 1. The summed E-state index contributed by atoms with van der Waals surface area (Å²) in [7, 11) is 0. The van der Waals surface area contributed by atoms with Gasteiger partial charge in [0, 0.05) is 5.56 Å². The Morgan fingerprint density at radius 1 is 1.10 bits per heavy atom. The van der Waals surface area contributed by atoms with Crippen LogP contribution in [0.5, 0.6) is 5.75 Å². The van der Waals surface area contributed by atoms with Crippen molar-refractivity contribution >= 4 is 0 Å². The lowest BCUT2D eigenvalue weighted by atomic mass is 10.1. The molecule has 0 aliphatic carbocycles. The van der Waals surface area contributed by atoms with E-state index in [2.05, 4.69) is 18.3 Å². The Kier molecular flexibility index (Phi) is 5.76. The van der Waals surface area contributed by atoms with E-state index in [0.29, 0.717) is 12.2 Å². The van der Waals surface area contributed by atoms with Gasteiger partial charge in [-0.3, -0.25) is 0 Å². The molecule has 21 heavy (non-hydrogen) atoms. The summed E-state index contributed by atoms with van der Waals surface area (Å²) in [4.78, 5) is 0. The van der Waals surface area contributed by atoms with Crippen LogP contribution in [0.1, 0.15) is 31.0 Å². The van der Waals surface area contributed by atoms with Crippen LogP contribution in [0.15, 0.2) is 48.5 Å². The Balaban J connectivity index is 2.08. The van der Waals surface area contributed by atoms with E-state index in [1.165, 1.54) is 11.6 Å². The molecular weight excluding hydrogens is 265 g/mol. The molecule has 1 N–H and O–H groups in total. The van der Waals surface area contributed by atoms with Crippen LogP contribution in [-0.2, 0) is 6.42 Å². The number of rotatable bonds is 7. The second-order valence-electron chi connectivity index (χ2n) is 4.94. The minimum absolute atomic E-state index is 0.151. The molecule has 0 aromatic heterocycles. The fraction of sp³-hybridized carbons (Fsp3) is 0.333. The molecule has 0 radical (unpaired) electrons. The molecule has 112 valence electrons. The summed E-state index contributed by atoms with van der Waals surface area (Å²) in [5.74, 6) is 0.628. The fourth-order valence-electron chi connectivity index (χ4n) is 2.30. The third kappa shape index (κ3) is 4.30. The first-order chi connectivity index (χ1) is 10.2. The molecule has 0 fully saturated rings. The van der Waals surface area contributed by atoms with Gasteiger partial charge in [0.2, 0.25) is 0 Å². The molecule has 0 amide bonds. The molecule has 0 aliphatic heterocycles. The van der Waals surface area contributed by atoms with Crippen molar-refractivity contribution in [3.8, 4) is 5.75 Å². The minimum atomic E-state index is -0.200. The van der Waals surface area contributed by atoms with Gasteiger partial charge in [0.1, 0.15) is 18.2 Å². The Labute approximate surface area is 126 Å². The third-order valence-corrected chi connectivity index (χ3v) is 3.45. The number of aryl methyl sites for hydroxylation is 1. The summed E-state index contributed by atoms with van der Waals surface area (Å²) >= 11 is 0. The maximum absolute atomic E-state index is 13.9. The molecule has 2 aromatic carbocycles. The van der Waals surface area contributed by atoms with Crippen molar-refractivity contribution in [2.24, 2.45) is 0 Å². The normalized spacial score (nSPS) is 12.1. The van der Waals surface area contributed by atoms with E-state index in [4.69, 9.17) is 4.74 Å². The first kappa shape index (κ1) is 15.5. The van der Waals surface area contributed by atoms with E-state index in [1.807, 2.05) is 31.2 Å². The zero-order valence-electron chi connectivity index (χ0n) is 12.6. The van der Waals surface area contributed by atoms with E-state index in [-0.39, 0.29) is 11.9 Å². The van der Waals surface area contributed by atoms with Crippen molar-refractivity contribution in [2.45, 2.75) is 26.3 Å². The predicted octanol–water partition coefficient (Wildman–Crippen LogP) is 4.12. The minimum Gasteiger partial charge on any atom is -0.492 e. The van der Waals surface area contributed by atoms with Crippen molar-refractivity contribution in [3.63, 3.8) is 0 Å². The monoisotopic (exact) mass is 287 g/mol. The summed E-state index contributed by atoms with van der Waals surface area (Å²) in [6.45, 7) is 5.28. The first-order valence-corrected chi connectivity index (χ1v) is 7.44. The van der Waals surface area contributed by atoms with Crippen LogP contribution in [-0.4, -0.2) is 13.2 Å². The second kappa shape index (κ2) is 7.79. The van der Waals surface area contributed by atoms with Crippen LogP contribution in [0.25, 0.3) is 0 Å². The lowest BCUT2D eigenvalue weighted by molar-refractivity contribution is 0.264. The standard InChI is InChI=1S/C18H22FNO/c1-3-14-8-7-9-15(12-14)21-13-18(20-4-2)16-10-5-6-11-17(16)19/h5-12,18,20H,3-4,13H2,1-2H3. The fourth-order valence-corrected chi connectivity index (χ4v) is 2.30. The Morgan fingerprint density at radius 3 is 2.62 bits per heavy atom. The largest absolute Gasteiger partial charge is 0.492 e. The van der Waals surface area contributed by atoms with Gasteiger partial charge in [-0.05, 0) is 36.7 Å². The van der Waals surface area contributed by atoms with Crippen molar-refractivity contribution < 1.29 is 9.13 Å². The summed E-state index contributed by atoms with van der Waals surface area (Å²) < 4.78 is 19.8. The van der Waals surface area contributed by atoms with Crippen molar-refractivity contribution in [1.29, 1.82) is 0 Å². The Morgan fingerprint density at radius 2 is 1.90 bits per heavy atom. The van der Waals surface area contributed by atoms with Crippen LogP contribution in [0.3, 0.4) is 0 Å². The van der Waals surface area contributed by atoms with Crippen molar-refractivity contribution in [1.82, 2.24) is 5.32 Å². The highest BCUT2D eigenvalue weighted by atomic mass is 19.1. The smallest absolute Gasteiger partial charge is 0.128 e. The highest BCUT2D eigenvalue weighted by molar-refractivity contribution is 5.29. The van der Waals surface area contributed by atoms with Crippen molar-refractivity contribution in [2.75, 3.05) is 13.2 Å². The number of likely N-dealkylation sites (N-methyl/N-ethyl adjacent to an activating group) is 1. The molecule has 0 bridgehead atoms. The summed E-state index contributed by atoms with van der Waals surface area (Å²) in [5.41, 5.74) is 1.88. The lowest BCUT2D eigenvalue weighted by Gasteiger charge is -2.19. The maximum Gasteiger partial charge on any atom is 0.128 e. The predicted molar refractivity (Wildman–Crippen MR) is 84.1 cm³/mol. The molecule has 2 nitrogen and oxygen atoms in total. The molecule has 0 saturated heterocycles. The molecule has 0 heterocycles. The Bertz CT molecular complexity index is 571. The van der Waals surface area contributed by atoms with Gasteiger partial charge in [-0.2, -0.15) is 0 Å². The van der Waals surface area contributed by atoms with Gasteiger partial charge in [-0.1, -0.05) is 44.2 Å². The van der Waals surface area contributed by atoms with E-state index >= 15 is 0 Å². The lowest BCUT2D eigenvalue weighted by Crippen LogP contribution is -2.27. The highest BCUT2D eigenvalue weighted by Gasteiger charge is 2.15. The van der Waals surface area contributed by atoms with Gasteiger partial charge >= 0.3 is 0 Å². The molecule has 0 spiro atoms. The molecule has 2 aromatic rings. The average Bonchev–Trinajstić information content (AvgIpc) is 2.52. The van der Waals surface area contributed by atoms with Gasteiger partial charge in [-0.15, -0.1) is 0 Å². The SMILES string of the molecule is CCNC(COc1cccc(CC)c1)c1ccccc1F. The molecule has 1 atom stereocenters. The van der Waals surface area contributed by atoms with Gasteiger partial charge in [0.05, 0.1) is 6.04 Å². The molecule has 1 unspecified atom stereocenters. The summed E-state index contributed by atoms with van der Waals surface area (Å²) in [6, 6.07) is 14.7. The summed E-state index contributed by atoms with van der Waals surface area (Å²) in [6.07, 6.45) is 0.973. The van der Waals surface area contributed by atoms with Crippen LogP contribution >= 0.6 is 0 Å². The van der Waals surface area contributed by atoms with Crippen LogP contribution in [0.2, 0.25) is 0 Å². The van der Waals surface area contributed by atoms with Gasteiger partial charge < -0.3 is 10.1 Å². The van der Waals surface area contributed by atoms with E-state index in [9.17, 15) is 4.39 Å². The van der Waals surface area contributed by atoms with Crippen LogP contribution < -0.4 is 10.1 Å². The van der Waals surface area contributed by atoms with Crippen molar-refractivity contribution in [3.05, 3.63) is 65.5 Å². The van der Waals surface area contributed by atoms with E-state index in [0.717, 1.165) is 18.7 Å². The highest BCUT2D eigenvalue weighted by Crippen LogP contribution is 2.20. The Hall–Kier alpha value is -1.87. The average molecular weight is 287 g/mol. The molecule has 0 aliphatic rings. The van der Waals surface area contributed by atoms with E-state index in [1.54, 1.807) is 12.1 Å². The maximum atomic E-state index is 13.9. The number of benzene rings is 2. The zero-order valence-corrected chi connectivity index (χ0v) is 12.6. The molecule has 2 rings (SSSR count). The number of hydrogen-bond acceptors (Lipinski definition) is 2.